The molecule has 2 aromatic rings. The monoisotopic (exact) mass is 277 g/mol. The zero-order chi connectivity index (χ0) is 13.4. The van der Waals surface area contributed by atoms with Gasteiger partial charge in [-0.05, 0) is 18.6 Å². The normalized spacial score (nSPS) is 13.4. The lowest BCUT2D eigenvalue weighted by atomic mass is 10.3. The van der Waals surface area contributed by atoms with E-state index >= 15 is 0 Å². The van der Waals surface area contributed by atoms with Gasteiger partial charge in [0.15, 0.2) is 5.82 Å². The quantitative estimate of drug-likeness (QED) is 0.788. The highest BCUT2D eigenvalue weighted by atomic mass is 32.1. The van der Waals surface area contributed by atoms with Gasteiger partial charge in [0.05, 0.1) is 13.2 Å². The van der Waals surface area contributed by atoms with Gasteiger partial charge in [-0.1, -0.05) is 6.92 Å². The van der Waals surface area contributed by atoms with Crippen LogP contribution in [0.4, 0.5) is 17.5 Å². The largest absolute Gasteiger partial charge is 0.369 e. The van der Waals surface area contributed by atoms with Crippen LogP contribution in [-0.4, -0.2) is 16.6 Å². The van der Waals surface area contributed by atoms with E-state index in [-0.39, 0.29) is 11.5 Å². The predicted molar refractivity (Wildman–Crippen MR) is 77.6 cm³/mol. The minimum atomic E-state index is -0.217. The smallest absolute Gasteiger partial charge is 0.277 e. The summed E-state index contributed by atoms with van der Waals surface area (Å²) < 4.78 is 0. The zero-order valence-corrected chi connectivity index (χ0v) is 11.4. The summed E-state index contributed by atoms with van der Waals surface area (Å²) in [4.78, 5) is 23.1. The van der Waals surface area contributed by atoms with Gasteiger partial charge in [0, 0.05) is 9.75 Å². The summed E-state index contributed by atoms with van der Waals surface area (Å²) in [6.07, 6.45) is 1.05. The van der Waals surface area contributed by atoms with Crippen molar-refractivity contribution in [3.05, 3.63) is 32.2 Å². The molecule has 19 heavy (non-hydrogen) atoms. The average molecular weight is 277 g/mol. The second-order valence-corrected chi connectivity index (χ2v) is 5.66. The summed E-state index contributed by atoms with van der Waals surface area (Å²) in [5, 5.41) is 3.06. The molecule has 4 N–H and O–H groups in total. The van der Waals surface area contributed by atoms with Gasteiger partial charge in [-0.3, -0.25) is 9.78 Å². The summed E-state index contributed by atoms with van der Waals surface area (Å²) in [6.45, 7) is 3.46. The van der Waals surface area contributed by atoms with Gasteiger partial charge in [0.2, 0.25) is 5.95 Å². The number of nitrogens with two attached hydrogens (primary N) is 1. The van der Waals surface area contributed by atoms with Gasteiger partial charge >= 0.3 is 0 Å². The lowest BCUT2D eigenvalue weighted by Gasteiger charge is -2.15. The number of nitrogens with one attached hydrogen (secondary N) is 2. The maximum atomic E-state index is 11.7. The van der Waals surface area contributed by atoms with Crippen molar-refractivity contribution in [3.8, 4) is 0 Å². The highest BCUT2D eigenvalue weighted by Crippen LogP contribution is 2.28. The molecular weight excluding hydrogens is 262 g/mol. The minimum Gasteiger partial charge on any atom is -0.369 e. The molecule has 3 heterocycles. The summed E-state index contributed by atoms with van der Waals surface area (Å²) in [5.41, 5.74) is 5.88. The van der Waals surface area contributed by atoms with E-state index < -0.39 is 0 Å². The third-order valence-corrected chi connectivity index (χ3v) is 4.29. The van der Waals surface area contributed by atoms with Crippen LogP contribution in [0, 0.1) is 0 Å². The van der Waals surface area contributed by atoms with Crippen LogP contribution < -0.4 is 21.5 Å². The Morgan fingerprint density at radius 3 is 3.00 bits per heavy atom. The van der Waals surface area contributed by atoms with E-state index in [1.807, 2.05) is 4.90 Å². The van der Waals surface area contributed by atoms with Crippen molar-refractivity contribution >= 4 is 28.8 Å². The van der Waals surface area contributed by atoms with Crippen LogP contribution in [0.5, 0.6) is 0 Å². The molecule has 0 saturated carbocycles. The Balaban J connectivity index is 1.88. The van der Waals surface area contributed by atoms with E-state index in [2.05, 4.69) is 34.3 Å². The first-order valence-corrected chi connectivity index (χ1v) is 6.95. The zero-order valence-electron chi connectivity index (χ0n) is 10.6. The van der Waals surface area contributed by atoms with Crippen molar-refractivity contribution in [1.29, 1.82) is 0 Å². The van der Waals surface area contributed by atoms with E-state index in [1.165, 1.54) is 9.75 Å². The molecule has 3 rings (SSSR count). The molecule has 2 aromatic heterocycles. The van der Waals surface area contributed by atoms with Crippen molar-refractivity contribution in [2.75, 3.05) is 22.6 Å². The van der Waals surface area contributed by atoms with Crippen LogP contribution in [0.25, 0.3) is 0 Å². The Morgan fingerprint density at radius 1 is 1.47 bits per heavy atom. The van der Waals surface area contributed by atoms with Gasteiger partial charge in [0.1, 0.15) is 5.69 Å². The molecule has 100 valence electrons. The molecule has 0 amide bonds. The average Bonchev–Trinajstić information content (AvgIpc) is 2.97. The van der Waals surface area contributed by atoms with Gasteiger partial charge < -0.3 is 16.0 Å². The van der Waals surface area contributed by atoms with E-state index in [0.29, 0.717) is 18.2 Å². The Kier molecular flexibility index (Phi) is 2.90. The second kappa shape index (κ2) is 4.58. The van der Waals surface area contributed by atoms with Crippen LogP contribution >= 0.6 is 11.3 Å². The van der Waals surface area contributed by atoms with Gasteiger partial charge in [0.25, 0.3) is 5.56 Å². The number of nitrogens with zero attached hydrogens (tertiary/aromatic N) is 2. The number of anilines is 3. The Labute approximate surface area is 114 Å². The molecule has 1 aliphatic heterocycles. The molecule has 0 radical (unpaired) electrons. The van der Waals surface area contributed by atoms with Gasteiger partial charge in [-0.25, -0.2) is 0 Å². The summed E-state index contributed by atoms with van der Waals surface area (Å²) >= 11 is 1.79. The molecule has 0 bridgehead atoms. The maximum absolute atomic E-state index is 11.7. The Bertz CT molecular complexity index is 662. The van der Waals surface area contributed by atoms with Gasteiger partial charge in [-0.15, -0.1) is 11.3 Å². The number of aromatic nitrogens is 2. The van der Waals surface area contributed by atoms with Gasteiger partial charge in [-0.2, -0.15) is 4.98 Å². The SMILES string of the molecule is CCc1ccc(CN2CNc3c2nc(N)[nH]c3=O)s1. The highest BCUT2D eigenvalue weighted by Gasteiger charge is 2.24. The van der Waals surface area contributed by atoms with Crippen LogP contribution in [-0.2, 0) is 13.0 Å². The van der Waals surface area contributed by atoms with E-state index in [1.54, 1.807) is 11.3 Å². The van der Waals surface area contributed by atoms with Crippen LogP contribution in [0.2, 0.25) is 0 Å². The van der Waals surface area contributed by atoms with Crippen LogP contribution in [0.3, 0.4) is 0 Å². The molecule has 0 atom stereocenters. The van der Waals surface area contributed by atoms with Crippen molar-refractivity contribution in [2.24, 2.45) is 0 Å². The summed E-state index contributed by atoms with van der Waals surface area (Å²) in [6, 6.07) is 4.27. The number of thiophene rings is 1. The van der Waals surface area contributed by atoms with E-state index in [9.17, 15) is 4.79 Å². The first-order chi connectivity index (χ1) is 9.17. The molecule has 6 nitrogen and oxygen atoms in total. The number of hydrogen-bond acceptors (Lipinski definition) is 6. The number of hydrogen-bond donors (Lipinski definition) is 3. The molecule has 0 spiro atoms. The lowest BCUT2D eigenvalue weighted by molar-refractivity contribution is 0.867. The molecular formula is C12H15N5OS. The molecule has 7 heteroatoms. The third kappa shape index (κ3) is 2.17. The number of rotatable bonds is 3. The molecule has 1 aliphatic rings. The van der Waals surface area contributed by atoms with Crippen molar-refractivity contribution < 1.29 is 0 Å². The van der Waals surface area contributed by atoms with Crippen LogP contribution in [0.15, 0.2) is 16.9 Å². The fraction of sp³-hybridized carbons (Fsp3) is 0.333. The Morgan fingerprint density at radius 2 is 2.26 bits per heavy atom. The number of nitrogen functional groups attached to an aromatic ring is 1. The fourth-order valence-corrected chi connectivity index (χ4v) is 3.11. The molecule has 0 fully saturated rings. The second-order valence-electron chi connectivity index (χ2n) is 4.40. The minimum absolute atomic E-state index is 0.151. The number of aryl methyl sites for hydroxylation is 1. The number of aromatic amines is 1. The van der Waals surface area contributed by atoms with E-state index in [4.69, 9.17) is 5.73 Å². The summed E-state index contributed by atoms with van der Waals surface area (Å²) in [5.74, 6) is 0.783. The Hall–Kier alpha value is -2.02. The summed E-state index contributed by atoms with van der Waals surface area (Å²) in [7, 11) is 0. The fourth-order valence-electron chi connectivity index (χ4n) is 2.13. The topological polar surface area (TPSA) is 87.0 Å². The molecule has 0 aliphatic carbocycles. The van der Waals surface area contributed by atoms with Crippen molar-refractivity contribution in [3.63, 3.8) is 0 Å². The number of H-pyrrole nitrogens is 1. The maximum Gasteiger partial charge on any atom is 0.277 e. The highest BCUT2D eigenvalue weighted by molar-refractivity contribution is 7.12. The molecule has 0 saturated heterocycles. The lowest BCUT2D eigenvalue weighted by Crippen LogP contribution is -2.22. The van der Waals surface area contributed by atoms with Crippen LogP contribution in [0.1, 0.15) is 16.7 Å². The molecule has 0 aromatic carbocycles. The van der Waals surface area contributed by atoms with Crippen molar-refractivity contribution in [2.45, 2.75) is 19.9 Å². The number of fused-ring (bicyclic) bond motifs is 1. The first kappa shape index (κ1) is 12.0. The third-order valence-electron chi connectivity index (χ3n) is 3.08. The first-order valence-electron chi connectivity index (χ1n) is 6.13. The van der Waals surface area contributed by atoms with Crippen molar-refractivity contribution in [1.82, 2.24) is 9.97 Å². The standard InChI is InChI=1S/C12H15N5OS/c1-2-7-3-4-8(19-7)5-17-6-14-9-10(17)15-12(13)16-11(9)18/h3-4,14H,2,5-6H2,1H3,(H3,13,15,16,18). The predicted octanol–water partition coefficient (Wildman–Crippen LogP) is 1.37. The van der Waals surface area contributed by atoms with E-state index in [0.717, 1.165) is 13.0 Å². The molecule has 0 unspecified atom stereocenters.